The van der Waals surface area contributed by atoms with Gasteiger partial charge in [-0.1, -0.05) is 0 Å². The quantitative estimate of drug-likeness (QED) is 0.521. The summed E-state index contributed by atoms with van der Waals surface area (Å²) in [5, 5.41) is 21.7. The lowest BCUT2D eigenvalue weighted by molar-refractivity contribution is 0.0952. The first-order chi connectivity index (χ1) is 8.13. The van der Waals surface area contributed by atoms with Crippen molar-refractivity contribution in [1.29, 1.82) is 0 Å². The lowest BCUT2D eigenvalue weighted by atomic mass is 10.2. The second-order valence-electron chi connectivity index (χ2n) is 3.18. The molecule has 0 radical (unpaired) electrons. The number of carbonyl (C=O) groups excluding carboxylic acids is 1. The summed E-state index contributed by atoms with van der Waals surface area (Å²) in [5.74, 6) is -0.339. The van der Waals surface area contributed by atoms with Gasteiger partial charge in [0.2, 0.25) is 0 Å². The monoisotopic (exact) mass is 239 g/mol. The summed E-state index contributed by atoms with van der Waals surface area (Å²) < 4.78 is 0. The van der Waals surface area contributed by atoms with Crippen LogP contribution >= 0.6 is 0 Å². The number of aliphatic hydroxyl groups excluding tert-OH is 1. The van der Waals surface area contributed by atoms with Gasteiger partial charge < -0.3 is 20.8 Å². The summed E-state index contributed by atoms with van der Waals surface area (Å²) in [4.78, 5) is 25.5. The molecule has 17 heavy (non-hydrogen) atoms. The molecule has 2 amide bonds. The lowest BCUT2D eigenvalue weighted by Crippen LogP contribution is -2.33. The normalized spacial score (nSPS) is 9.71. The SMILES string of the molecule is O=C(O)NCCNC(=O)c1ccc(CO)nc1. The molecule has 0 unspecified atom stereocenters. The van der Waals surface area contributed by atoms with Gasteiger partial charge in [0, 0.05) is 19.3 Å². The molecule has 1 heterocycles. The minimum atomic E-state index is -1.13. The van der Waals surface area contributed by atoms with Crippen LogP contribution in [0.5, 0.6) is 0 Å². The molecule has 1 aromatic heterocycles. The van der Waals surface area contributed by atoms with Crippen LogP contribution in [0.4, 0.5) is 4.79 Å². The Bertz CT molecular complexity index is 391. The van der Waals surface area contributed by atoms with Crippen molar-refractivity contribution >= 4 is 12.0 Å². The highest BCUT2D eigenvalue weighted by Gasteiger charge is 2.05. The van der Waals surface area contributed by atoms with E-state index in [4.69, 9.17) is 10.2 Å². The summed E-state index contributed by atoms with van der Waals surface area (Å²) >= 11 is 0. The highest BCUT2D eigenvalue weighted by Crippen LogP contribution is 1.99. The number of amides is 2. The van der Waals surface area contributed by atoms with Gasteiger partial charge in [0.05, 0.1) is 17.9 Å². The largest absolute Gasteiger partial charge is 0.465 e. The summed E-state index contributed by atoms with van der Waals surface area (Å²) in [6, 6.07) is 3.09. The minimum Gasteiger partial charge on any atom is -0.465 e. The van der Waals surface area contributed by atoms with Crippen molar-refractivity contribution in [3.63, 3.8) is 0 Å². The molecule has 0 saturated carbocycles. The maximum atomic E-state index is 11.5. The van der Waals surface area contributed by atoms with Crippen LogP contribution in [0.1, 0.15) is 16.1 Å². The van der Waals surface area contributed by atoms with Gasteiger partial charge in [0.15, 0.2) is 0 Å². The molecule has 4 N–H and O–H groups in total. The Kier molecular flexibility index (Phi) is 4.89. The lowest BCUT2D eigenvalue weighted by Gasteiger charge is -2.05. The van der Waals surface area contributed by atoms with Crippen LogP contribution in [0.25, 0.3) is 0 Å². The van der Waals surface area contributed by atoms with Crippen molar-refractivity contribution in [1.82, 2.24) is 15.6 Å². The van der Waals surface area contributed by atoms with Crippen LogP contribution in [-0.2, 0) is 6.61 Å². The summed E-state index contributed by atoms with van der Waals surface area (Å²) in [6.07, 6.45) is 0.221. The fourth-order valence-corrected chi connectivity index (χ4v) is 1.10. The number of nitrogens with zero attached hydrogens (tertiary/aromatic N) is 1. The van der Waals surface area contributed by atoms with Gasteiger partial charge in [0.25, 0.3) is 5.91 Å². The number of aliphatic hydroxyl groups is 1. The van der Waals surface area contributed by atoms with E-state index in [0.29, 0.717) is 11.3 Å². The standard InChI is InChI=1S/C10H13N3O4/c14-6-8-2-1-7(5-13-8)9(15)11-3-4-12-10(16)17/h1-2,5,12,14H,3-4,6H2,(H,11,15)(H,16,17). The second kappa shape index (κ2) is 6.44. The van der Waals surface area contributed by atoms with Gasteiger partial charge in [-0.25, -0.2) is 4.79 Å². The van der Waals surface area contributed by atoms with Crippen molar-refractivity contribution in [2.75, 3.05) is 13.1 Å². The number of carboxylic acid groups (broad SMARTS) is 1. The fraction of sp³-hybridized carbons (Fsp3) is 0.300. The highest BCUT2D eigenvalue weighted by atomic mass is 16.4. The zero-order valence-electron chi connectivity index (χ0n) is 9.01. The van der Waals surface area contributed by atoms with Crippen LogP contribution in [0.2, 0.25) is 0 Å². The van der Waals surface area contributed by atoms with Crippen LogP contribution < -0.4 is 10.6 Å². The smallest absolute Gasteiger partial charge is 0.404 e. The van der Waals surface area contributed by atoms with E-state index in [9.17, 15) is 9.59 Å². The number of hydrogen-bond acceptors (Lipinski definition) is 4. The van der Waals surface area contributed by atoms with Crippen molar-refractivity contribution in [2.45, 2.75) is 6.61 Å². The Labute approximate surface area is 97.5 Å². The topological polar surface area (TPSA) is 112 Å². The van der Waals surface area contributed by atoms with E-state index < -0.39 is 6.09 Å². The first-order valence-corrected chi connectivity index (χ1v) is 4.94. The molecular formula is C10H13N3O4. The number of aromatic nitrogens is 1. The molecule has 0 aliphatic heterocycles. The van der Waals surface area contributed by atoms with Crippen molar-refractivity contribution in [3.05, 3.63) is 29.6 Å². The van der Waals surface area contributed by atoms with Crippen molar-refractivity contribution in [3.8, 4) is 0 Å². The molecule has 92 valence electrons. The van der Waals surface area contributed by atoms with Gasteiger partial charge in [0.1, 0.15) is 0 Å². The summed E-state index contributed by atoms with van der Waals surface area (Å²) in [5.41, 5.74) is 0.839. The number of pyridine rings is 1. The maximum Gasteiger partial charge on any atom is 0.404 e. The average Bonchev–Trinajstić information content (AvgIpc) is 2.34. The Morgan fingerprint density at radius 2 is 1.94 bits per heavy atom. The van der Waals surface area contributed by atoms with E-state index in [-0.39, 0.29) is 25.6 Å². The molecule has 0 aliphatic carbocycles. The maximum absolute atomic E-state index is 11.5. The van der Waals surface area contributed by atoms with Gasteiger partial charge in [-0.05, 0) is 12.1 Å². The Morgan fingerprint density at radius 1 is 1.24 bits per heavy atom. The number of hydrogen-bond donors (Lipinski definition) is 4. The second-order valence-corrected chi connectivity index (χ2v) is 3.18. The molecule has 0 fully saturated rings. The fourth-order valence-electron chi connectivity index (χ4n) is 1.10. The molecule has 1 rings (SSSR count). The van der Waals surface area contributed by atoms with E-state index >= 15 is 0 Å². The molecule has 0 aromatic carbocycles. The molecule has 0 aliphatic rings. The van der Waals surface area contributed by atoms with Crippen LogP contribution in [0, 0.1) is 0 Å². The third-order valence-corrected chi connectivity index (χ3v) is 1.94. The molecule has 0 saturated heterocycles. The van der Waals surface area contributed by atoms with Crippen molar-refractivity contribution in [2.24, 2.45) is 0 Å². The average molecular weight is 239 g/mol. The Balaban J connectivity index is 2.38. The van der Waals surface area contributed by atoms with Crippen LogP contribution in [0.3, 0.4) is 0 Å². The predicted octanol–water partition coefficient (Wildman–Crippen LogP) is -0.429. The zero-order valence-corrected chi connectivity index (χ0v) is 9.01. The molecule has 7 heteroatoms. The van der Waals surface area contributed by atoms with E-state index in [1.807, 2.05) is 0 Å². The van der Waals surface area contributed by atoms with Crippen molar-refractivity contribution < 1.29 is 19.8 Å². The van der Waals surface area contributed by atoms with Crippen LogP contribution in [-0.4, -0.2) is 40.3 Å². The van der Waals surface area contributed by atoms with E-state index in [2.05, 4.69) is 15.6 Å². The van der Waals surface area contributed by atoms with E-state index in [0.717, 1.165) is 0 Å². The third-order valence-electron chi connectivity index (χ3n) is 1.94. The molecule has 0 spiro atoms. The van der Waals surface area contributed by atoms with Gasteiger partial charge in [-0.15, -0.1) is 0 Å². The van der Waals surface area contributed by atoms with E-state index in [1.165, 1.54) is 6.20 Å². The first-order valence-electron chi connectivity index (χ1n) is 4.94. The van der Waals surface area contributed by atoms with Gasteiger partial charge in [-0.3, -0.25) is 9.78 Å². The number of rotatable bonds is 5. The minimum absolute atomic E-state index is 0.142. The molecule has 0 atom stereocenters. The molecule has 1 aromatic rings. The summed E-state index contributed by atoms with van der Waals surface area (Å²) in [6.45, 7) is 0.167. The van der Waals surface area contributed by atoms with Gasteiger partial charge >= 0.3 is 6.09 Å². The summed E-state index contributed by atoms with van der Waals surface area (Å²) in [7, 11) is 0. The molecular weight excluding hydrogens is 226 g/mol. The predicted molar refractivity (Wildman–Crippen MR) is 58.5 cm³/mol. The molecule has 0 bridgehead atoms. The molecule has 7 nitrogen and oxygen atoms in total. The number of carbonyl (C=O) groups is 2. The third kappa shape index (κ3) is 4.47. The van der Waals surface area contributed by atoms with E-state index in [1.54, 1.807) is 12.1 Å². The Hall–Kier alpha value is -2.15. The number of nitrogens with one attached hydrogen (secondary N) is 2. The highest BCUT2D eigenvalue weighted by molar-refractivity contribution is 5.93. The first kappa shape index (κ1) is 12.9. The zero-order chi connectivity index (χ0) is 12.7. The Morgan fingerprint density at radius 3 is 2.47 bits per heavy atom. The van der Waals surface area contributed by atoms with Crippen LogP contribution in [0.15, 0.2) is 18.3 Å². The van der Waals surface area contributed by atoms with Gasteiger partial charge in [-0.2, -0.15) is 0 Å².